The normalized spacial score (nSPS) is 10.3. The summed E-state index contributed by atoms with van der Waals surface area (Å²) in [5.41, 5.74) is 6.06. The second kappa shape index (κ2) is 4.61. The van der Waals surface area contributed by atoms with Gasteiger partial charge in [0.25, 0.3) is 0 Å². The molecular weight excluding hydrogens is 253 g/mol. The minimum atomic E-state index is -0.713. The van der Waals surface area contributed by atoms with Gasteiger partial charge < -0.3 is 15.6 Å². The van der Waals surface area contributed by atoms with Crippen molar-refractivity contribution in [3.05, 3.63) is 21.9 Å². The van der Waals surface area contributed by atoms with Crippen LogP contribution in [0.3, 0.4) is 0 Å². The fraction of sp³-hybridized carbons (Fsp3) is 0.333. The van der Waals surface area contributed by atoms with Gasteiger partial charge in [0, 0.05) is 10.0 Å². The van der Waals surface area contributed by atoms with Crippen molar-refractivity contribution in [2.75, 3.05) is 13.7 Å². The SMILES string of the molecule is COc1c(O)c(F)cc(Br)c1CCN. The minimum absolute atomic E-state index is 0.141. The van der Waals surface area contributed by atoms with Crippen LogP contribution in [0.25, 0.3) is 0 Å². The zero-order valence-corrected chi connectivity index (χ0v) is 9.27. The van der Waals surface area contributed by atoms with Crippen LogP contribution < -0.4 is 10.5 Å². The van der Waals surface area contributed by atoms with Crippen LogP contribution in [0.1, 0.15) is 5.56 Å². The summed E-state index contributed by atoms with van der Waals surface area (Å²) < 4.78 is 18.5. The van der Waals surface area contributed by atoms with E-state index in [9.17, 15) is 9.50 Å². The van der Waals surface area contributed by atoms with Gasteiger partial charge in [0.15, 0.2) is 17.3 Å². The Labute approximate surface area is 89.8 Å². The summed E-state index contributed by atoms with van der Waals surface area (Å²) in [6.07, 6.45) is 0.512. The average Bonchev–Trinajstić information content (AvgIpc) is 2.15. The molecule has 0 fully saturated rings. The van der Waals surface area contributed by atoms with Crippen molar-refractivity contribution < 1.29 is 14.2 Å². The Morgan fingerprint density at radius 2 is 2.29 bits per heavy atom. The van der Waals surface area contributed by atoms with E-state index in [4.69, 9.17) is 10.5 Å². The number of halogens is 2. The summed E-state index contributed by atoms with van der Waals surface area (Å²) in [4.78, 5) is 0. The predicted octanol–water partition coefficient (Wildman–Crippen LogP) is 1.80. The maximum atomic E-state index is 13.1. The molecule has 1 rings (SSSR count). The van der Waals surface area contributed by atoms with E-state index < -0.39 is 11.6 Å². The van der Waals surface area contributed by atoms with Crippen LogP contribution in [0.5, 0.6) is 11.5 Å². The summed E-state index contributed by atoms with van der Waals surface area (Å²) in [5.74, 6) is -1.05. The molecule has 1 aromatic rings. The number of aromatic hydroxyl groups is 1. The van der Waals surface area contributed by atoms with Gasteiger partial charge in [-0.05, 0) is 19.0 Å². The van der Waals surface area contributed by atoms with Gasteiger partial charge >= 0.3 is 0 Å². The molecule has 0 saturated carbocycles. The van der Waals surface area contributed by atoms with E-state index in [-0.39, 0.29) is 5.75 Å². The van der Waals surface area contributed by atoms with Gasteiger partial charge in [-0.15, -0.1) is 0 Å². The highest BCUT2D eigenvalue weighted by molar-refractivity contribution is 9.10. The van der Waals surface area contributed by atoms with Gasteiger partial charge in [0.2, 0.25) is 0 Å². The van der Waals surface area contributed by atoms with Crippen molar-refractivity contribution in [2.24, 2.45) is 5.73 Å². The quantitative estimate of drug-likeness (QED) is 0.875. The highest BCUT2D eigenvalue weighted by Crippen LogP contribution is 2.37. The molecule has 14 heavy (non-hydrogen) atoms. The molecule has 0 heterocycles. The molecule has 1 aromatic carbocycles. The number of nitrogens with two attached hydrogens (primary N) is 1. The van der Waals surface area contributed by atoms with Crippen LogP contribution in [-0.2, 0) is 6.42 Å². The van der Waals surface area contributed by atoms with Gasteiger partial charge in [0.05, 0.1) is 7.11 Å². The van der Waals surface area contributed by atoms with E-state index in [1.54, 1.807) is 0 Å². The number of benzene rings is 1. The monoisotopic (exact) mass is 263 g/mol. The number of rotatable bonds is 3. The first-order valence-corrected chi connectivity index (χ1v) is 4.85. The third kappa shape index (κ3) is 1.99. The molecule has 5 heteroatoms. The highest BCUT2D eigenvalue weighted by Gasteiger charge is 2.16. The summed E-state index contributed by atoms with van der Waals surface area (Å²) >= 11 is 3.19. The van der Waals surface area contributed by atoms with Crippen molar-refractivity contribution in [2.45, 2.75) is 6.42 Å². The number of hydrogen-bond donors (Lipinski definition) is 2. The molecule has 3 N–H and O–H groups in total. The Morgan fingerprint density at radius 3 is 2.79 bits per heavy atom. The molecule has 0 amide bonds. The van der Waals surface area contributed by atoms with Crippen LogP contribution >= 0.6 is 15.9 Å². The third-order valence-electron chi connectivity index (χ3n) is 1.86. The van der Waals surface area contributed by atoms with Crippen LogP contribution in [0.15, 0.2) is 10.5 Å². The van der Waals surface area contributed by atoms with Crippen LogP contribution in [0, 0.1) is 5.82 Å². The largest absolute Gasteiger partial charge is 0.502 e. The predicted molar refractivity (Wildman–Crippen MR) is 55.1 cm³/mol. The molecule has 0 aliphatic rings. The zero-order chi connectivity index (χ0) is 10.7. The third-order valence-corrected chi connectivity index (χ3v) is 2.56. The van der Waals surface area contributed by atoms with E-state index in [1.165, 1.54) is 13.2 Å². The molecule has 0 radical (unpaired) electrons. The molecule has 0 aromatic heterocycles. The molecule has 0 saturated heterocycles. The first-order chi connectivity index (χ1) is 6.61. The summed E-state index contributed by atoms with van der Waals surface area (Å²) in [7, 11) is 1.38. The van der Waals surface area contributed by atoms with Crippen LogP contribution in [0.2, 0.25) is 0 Å². The van der Waals surface area contributed by atoms with Crippen LogP contribution in [-0.4, -0.2) is 18.8 Å². The highest BCUT2D eigenvalue weighted by atomic mass is 79.9. The molecule has 0 aliphatic carbocycles. The Morgan fingerprint density at radius 1 is 1.64 bits per heavy atom. The Hall–Kier alpha value is -0.810. The van der Waals surface area contributed by atoms with Crippen molar-refractivity contribution in [3.8, 4) is 11.5 Å². The number of phenolic OH excluding ortho intramolecular Hbond substituents is 1. The summed E-state index contributed by atoms with van der Waals surface area (Å²) in [6, 6.07) is 1.20. The molecule has 0 unspecified atom stereocenters. The van der Waals surface area contributed by atoms with Gasteiger partial charge in [-0.2, -0.15) is 0 Å². The van der Waals surface area contributed by atoms with Gasteiger partial charge in [-0.1, -0.05) is 15.9 Å². The van der Waals surface area contributed by atoms with Crippen molar-refractivity contribution in [1.29, 1.82) is 0 Å². The second-order valence-corrected chi connectivity index (χ2v) is 3.59. The lowest BCUT2D eigenvalue weighted by Crippen LogP contribution is -2.05. The Bertz CT molecular complexity index is 344. The van der Waals surface area contributed by atoms with Gasteiger partial charge in [-0.25, -0.2) is 4.39 Å². The molecule has 0 spiro atoms. The maximum absolute atomic E-state index is 13.1. The topological polar surface area (TPSA) is 55.5 Å². The molecule has 3 nitrogen and oxygen atoms in total. The standard InChI is InChI=1S/C9H11BrFNO2/c1-14-9-5(2-3-12)6(10)4-7(11)8(9)13/h4,13H,2-3,12H2,1H3. The maximum Gasteiger partial charge on any atom is 0.194 e. The molecule has 0 aliphatic heterocycles. The van der Waals surface area contributed by atoms with Gasteiger partial charge in [-0.3, -0.25) is 0 Å². The van der Waals surface area contributed by atoms with Crippen molar-refractivity contribution >= 4 is 15.9 Å². The van der Waals surface area contributed by atoms with Crippen LogP contribution in [0.4, 0.5) is 4.39 Å². The molecule has 78 valence electrons. The lowest BCUT2D eigenvalue weighted by molar-refractivity contribution is 0.353. The fourth-order valence-corrected chi connectivity index (χ4v) is 1.80. The number of methoxy groups -OCH3 is 1. The molecule has 0 atom stereocenters. The first-order valence-electron chi connectivity index (χ1n) is 4.05. The fourth-order valence-electron chi connectivity index (χ4n) is 1.22. The van der Waals surface area contributed by atoms with Gasteiger partial charge in [0.1, 0.15) is 0 Å². The molecule has 0 bridgehead atoms. The average molecular weight is 264 g/mol. The van der Waals surface area contributed by atoms with Crippen molar-refractivity contribution in [3.63, 3.8) is 0 Å². The first kappa shape index (κ1) is 11.3. The zero-order valence-electron chi connectivity index (χ0n) is 7.68. The smallest absolute Gasteiger partial charge is 0.194 e. The van der Waals surface area contributed by atoms with Crippen molar-refractivity contribution in [1.82, 2.24) is 0 Å². The minimum Gasteiger partial charge on any atom is -0.502 e. The lowest BCUT2D eigenvalue weighted by Gasteiger charge is -2.12. The number of hydrogen-bond acceptors (Lipinski definition) is 3. The van der Waals surface area contributed by atoms with E-state index in [0.29, 0.717) is 23.0 Å². The number of ether oxygens (including phenoxy) is 1. The van der Waals surface area contributed by atoms with E-state index in [1.807, 2.05) is 0 Å². The summed E-state index contributed by atoms with van der Waals surface area (Å²) in [6.45, 7) is 0.403. The molecular formula is C9H11BrFNO2. The number of phenols is 1. The van der Waals surface area contributed by atoms with E-state index >= 15 is 0 Å². The second-order valence-electron chi connectivity index (χ2n) is 2.74. The van der Waals surface area contributed by atoms with E-state index in [2.05, 4.69) is 15.9 Å². The Balaban J connectivity index is 3.31. The van der Waals surface area contributed by atoms with E-state index in [0.717, 1.165) is 0 Å². The summed E-state index contributed by atoms with van der Waals surface area (Å²) in [5, 5.41) is 9.37. The lowest BCUT2D eigenvalue weighted by atomic mass is 10.1. The Kier molecular flexibility index (Phi) is 3.71.